The molecule has 1 atom stereocenters. The van der Waals surface area contributed by atoms with Crippen LogP contribution in [0.4, 0.5) is 10.1 Å². The summed E-state index contributed by atoms with van der Waals surface area (Å²) in [5, 5.41) is 2.86. The molecule has 1 aliphatic heterocycles. The Morgan fingerprint density at radius 3 is 2.67 bits per heavy atom. The van der Waals surface area contributed by atoms with Gasteiger partial charge in [0.05, 0.1) is 16.6 Å². The molecule has 1 aromatic heterocycles. The van der Waals surface area contributed by atoms with Gasteiger partial charge in [-0.1, -0.05) is 30.3 Å². The lowest BCUT2D eigenvalue weighted by molar-refractivity contribution is -0.115. The Balaban J connectivity index is 1.53. The minimum absolute atomic E-state index is 0.235. The van der Waals surface area contributed by atoms with Gasteiger partial charge in [0.2, 0.25) is 5.84 Å². The van der Waals surface area contributed by atoms with Crippen LogP contribution in [0.1, 0.15) is 11.6 Å². The molecule has 0 spiro atoms. The maximum absolute atomic E-state index is 14.3. The van der Waals surface area contributed by atoms with Gasteiger partial charge in [0.25, 0.3) is 5.91 Å². The molecule has 2 heterocycles. The Bertz CT molecular complexity index is 987. The van der Waals surface area contributed by atoms with Crippen molar-refractivity contribution in [3.8, 4) is 0 Å². The van der Waals surface area contributed by atoms with E-state index in [-0.39, 0.29) is 30.1 Å². The standard InChI is InChI=1S/C20H17FN4OS/c21-15-8-2-1-7-14(15)17(25-11-5-6-12-25)13-22-20(26)19-23-16-9-3-4-10-18(16)27-24-19/h1-12,17H,13H2,(H,22,26)(H,23,24). The number of aromatic nitrogens is 1. The smallest absolute Gasteiger partial charge is 0.287 e. The lowest BCUT2D eigenvalue weighted by atomic mass is 10.1. The third-order valence-corrected chi connectivity index (χ3v) is 5.14. The van der Waals surface area contributed by atoms with E-state index >= 15 is 0 Å². The average molecular weight is 380 g/mol. The summed E-state index contributed by atoms with van der Waals surface area (Å²) in [5.74, 6) is -0.396. The van der Waals surface area contributed by atoms with Crippen LogP contribution < -0.4 is 10.0 Å². The van der Waals surface area contributed by atoms with Crippen LogP contribution >= 0.6 is 11.9 Å². The summed E-state index contributed by atoms with van der Waals surface area (Å²) in [6, 6.07) is 17.6. The van der Waals surface area contributed by atoms with Crippen molar-refractivity contribution in [3.05, 3.63) is 84.4 Å². The molecule has 0 radical (unpaired) electrons. The van der Waals surface area contributed by atoms with E-state index < -0.39 is 0 Å². The number of carbonyl (C=O) groups excluding carboxylic acids is 1. The number of carbonyl (C=O) groups is 1. The van der Waals surface area contributed by atoms with Crippen LogP contribution in [0.5, 0.6) is 0 Å². The molecule has 136 valence electrons. The molecule has 0 bridgehead atoms. The number of amidine groups is 1. The van der Waals surface area contributed by atoms with E-state index in [1.165, 1.54) is 18.0 Å². The zero-order chi connectivity index (χ0) is 18.6. The Morgan fingerprint density at radius 2 is 1.85 bits per heavy atom. The summed E-state index contributed by atoms with van der Waals surface area (Å²) in [7, 11) is 0. The lowest BCUT2D eigenvalue weighted by Crippen LogP contribution is -2.40. The molecule has 0 saturated heterocycles. The van der Waals surface area contributed by atoms with Crippen molar-refractivity contribution in [2.24, 2.45) is 4.99 Å². The van der Waals surface area contributed by atoms with Crippen molar-refractivity contribution in [2.75, 3.05) is 6.54 Å². The molecule has 2 N–H and O–H groups in total. The zero-order valence-corrected chi connectivity index (χ0v) is 15.1. The molecule has 1 amide bonds. The third kappa shape index (κ3) is 3.73. The van der Waals surface area contributed by atoms with Crippen LogP contribution in [0.25, 0.3) is 0 Å². The highest BCUT2D eigenvalue weighted by Gasteiger charge is 2.21. The predicted molar refractivity (Wildman–Crippen MR) is 105 cm³/mol. The topological polar surface area (TPSA) is 58.4 Å². The van der Waals surface area contributed by atoms with Gasteiger partial charge < -0.3 is 14.6 Å². The summed E-state index contributed by atoms with van der Waals surface area (Å²) in [5.41, 5.74) is 1.27. The molecule has 5 nitrogen and oxygen atoms in total. The molecule has 4 rings (SSSR count). The fraction of sp³-hybridized carbons (Fsp3) is 0.100. The van der Waals surface area contributed by atoms with E-state index in [2.05, 4.69) is 15.0 Å². The number of rotatable bonds is 5. The summed E-state index contributed by atoms with van der Waals surface area (Å²) >= 11 is 1.35. The van der Waals surface area contributed by atoms with E-state index in [9.17, 15) is 9.18 Å². The average Bonchev–Trinajstić information content (AvgIpc) is 3.23. The van der Waals surface area contributed by atoms with Crippen molar-refractivity contribution >= 4 is 29.4 Å². The number of amides is 1. The quantitative estimate of drug-likeness (QED) is 0.664. The molecule has 1 aliphatic rings. The van der Waals surface area contributed by atoms with Crippen molar-refractivity contribution in [1.82, 2.24) is 14.6 Å². The molecular weight excluding hydrogens is 363 g/mol. The molecule has 27 heavy (non-hydrogen) atoms. The normalized spacial score (nSPS) is 13.9. The third-order valence-electron chi connectivity index (χ3n) is 4.28. The molecule has 2 aromatic carbocycles. The van der Waals surface area contributed by atoms with E-state index in [0.717, 1.165) is 10.6 Å². The summed E-state index contributed by atoms with van der Waals surface area (Å²) in [6.07, 6.45) is 3.71. The highest BCUT2D eigenvalue weighted by atomic mass is 32.2. The second kappa shape index (κ2) is 7.67. The van der Waals surface area contributed by atoms with Crippen molar-refractivity contribution in [2.45, 2.75) is 10.9 Å². The second-order valence-corrected chi connectivity index (χ2v) is 6.86. The summed E-state index contributed by atoms with van der Waals surface area (Å²) in [4.78, 5) is 17.9. The molecule has 0 aliphatic carbocycles. The zero-order valence-electron chi connectivity index (χ0n) is 14.3. The number of fused-ring (bicyclic) bond motifs is 1. The van der Waals surface area contributed by atoms with E-state index in [4.69, 9.17) is 0 Å². The minimum Gasteiger partial charge on any atom is -0.347 e. The first-order valence-electron chi connectivity index (χ1n) is 8.48. The van der Waals surface area contributed by atoms with E-state index in [1.807, 2.05) is 53.4 Å². The van der Waals surface area contributed by atoms with E-state index in [1.54, 1.807) is 18.2 Å². The van der Waals surface area contributed by atoms with Gasteiger partial charge >= 0.3 is 0 Å². The van der Waals surface area contributed by atoms with Crippen LogP contribution in [0.2, 0.25) is 0 Å². The first-order chi connectivity index (χ1) is 13.2. The van der Waals surface area contributed by atoms with Gasteiger partial charge in [-0.25, -0.2) is 9.38 Å². The largest absolute Gasteiger partial charge is 0.347 e. The number of nitrogens with zero attached hydrogens (tertiary/aromatic N) is 2. The van der Waals surface area contributed by atoms with Gasteiger partial charge in [-0.3, -0.25) is 4.79 Å². The van der Waals surface area contributed by atoms with Crippen LogP contribution in [0, 0.1) is 5.82 Å². The molecule has 3 aromatic rings. The van der Waals surface area contributed by atoms with Crippen molar-refractivity contribution in [1.29, 1.82) is 0 Å². The number of benzene rings is 2. The number of hydrogen-bond acceptors (Lipinski definition) is 4. The lowest BCUT2D eigenvalue weighted by Gasteiger charge is -2.22. The Morgan fingerprint density at radius 1 is 1.11 bits per heavy atom. The number of halogens is 1. The molecular formula is C20H17FN4OS. The molecule has 1 unspecified atom stereocenters. The number of nitrogens with one attached hydrogen (secondary N) is 2. The Hall–Kier alpha value is -3.06. The van der Waals surface area contributed by atoms with Gasteiger partial charge in [0.1, 0.15) is 5.82 Å². The Kier molecular flexibility index (Phi) is 4.93. The van der Waals surface area contributed by atoms with E-state index in [0.29, 0.717) is 5.56 Å². The van der Waals surface area contributed by atoms with Crippen molar-refractivity contribution < 1.29 is 9.18 Å². The number of para-hydroxylation sites is 1. The predicted octanol–water partition coefficient (Wildman–Crippen LogP) is 3.67. The van der Waals surface area contributed by atoms with Gasteiger partial charge in [-0.2, -0.15) is 0 Å². The summed E-state index contributed by atoms with van der Waals surface area (Å²) in [6.45, 7) is 0.238. The molecule has 0 fully saturated rings. The molecule has 7 heteroatoms. The van der Waals surface area contributed by atoms with Crippen LogP contribution in [-0.2, 0) is 4.79 Å². The van der Waals surface area contributed by atoms with Crippen molar-refractivity contribution in [3.63, 3.8) is 0 Å². The minimum atomic E-state index is -0.353. The highest BCUT2D eigenvalue weighted by molar-refractivity contribution is 7.98. The van der Waals surface area contributed by atoms with Crippen LogP contribution in [-0.4, -0.2) is 22.9 Å². The van der Waals surface area contributed by atoms with Crippen LogP contribution in [0.3, 0.4) is 0 Å². The first-order valence-corrected chi connectivity index (χ1v) is 9.29. The van der Waals surface area contributed by atoms with Gasteiger partial charge in [-0.05, 0) is 42.3 Å². The van der Waals surface area contributed by atoms with Gasteiger partial charge in [0, 0.05) is 24.5 Å². The van der Waals surface area contributed by atoms with Gasteiger partial charge in [-0.15, -0.1) is 0 Å². The van der Waals surface area contributed by atoms with Crippen LogP contribution in [0.15, 0.2) is 82.9 Å². The number of hydrogen-bond donors (Lipinski definition) is 2. The van der Waals surface area contributed by atoms with Gasteiger partial charge in [0.15, 0.2) is 0 Å². The first kappa shape index (κ1) is 17.4. The monoisotopic (exact) mass is 380 g/mol. The maximum atomic E-state index is 14.3. The highest BCUT2D eigenvalue weighted by Crippen LogP contribution is 2.30. The summed E-state index contributed by atoms with van der Waals surface area (Å²) < 4.78 is 19.1. The molecule has 0 saturated carbocycles. The fourth-order valence-electron chi connectivity index (χ4n) is 2.93. The Labute approximate surface area is 160 Å². The number of aliphatic imine (C=N–C) groups is 1. The second-order valence-electron chi connectivity index (χ2n) is 6.01. The maximum Gasteiger partial charge on any atom is 0.287 e. The fourth-order valence-corrected chi connectivity index (χ4v) is 3.64. The SMILES string of the molecule is O=C(NCC(c1ccccc1F)n1cccc1)C1=Nc2ccccc2SN1.